The Balaban J connectivity index is 2.13. The van der Waals surface area contributed by atoms with Crippen molar-refractivity contribution in [3.8, 4) is 5.75 Å². The van der Waals surface area contributed by atoms with Gasteiger partial charge in [0.1, 0.15) is 16.2 Å². The van der Waals surface area contributed by atoms with E-state index >= 15 is 0 Å². The summed E-state index contributed by atoms with van der Waals surface area (Å²) in [6, 6.07) is 11.2. The number of rotatable bonds is 11. The second kappa shape index (κ2) is 13.8. The smallest absolute Gasteiger partial charge is 0.348 e. The fourth-order valence-corrected chi connectivity index (χ4v) is 4.48. The molecule has 0 atom stereocenters. The Morgan fingerprint density at radius 1 is 1.05 bits per heavy atom. The SMILES string of the molecule is CCOC(=O)c1sc(N=N/C(C(=O)Nc2cccc(OC)c2)=C(/O)c2ccc([N+](=O)[O-])cc2)c(C(=O)OCC)c1C. The van der Waals surface area contributed by atoms with Crippen molar-refractivity contribution >= 4 is 51.3 Å². The summed E-state index contributed by atoms with van der Waals surface area (Å²) in [4.78, 5) is 49.0. The van der Waals surface area contributed by atoms with Crippen molar-refractivity contribution in [2.24, 2.45) is 10.2 Å². The molecule has 1 aromatic heterocycles. The number of carbonyl (C=O) groups is 3. The number of methoxy groups -OCH3 is 1. The zero-order chi connectivity index (χ0) is 30.1. The highest BCUT2D eigenvalue weighted by atomic mass is 32.1. The molecule has 0 spiro atoms. The number of benzene rings is 2. The van der Waals surface area contributed by atoms with Crippen LogP contribution in [0.5, 0.6) is 5.75 Å². The summed E-state index contributed by atoms with van der Waals surface area (Å²) >= 11 is 0.800. The molecule has 0 aliphatic rings. The first-order chi connectivity index (χ1) is 19.6. The van der Waals surface area contributed by atoms with Crippen LogP contribution in [0.25, 0.3) is 5.76 Å². The lowest BCUT2D eigenvalue weighted by Gasteiger charge is -2.09. The molecule has 0 bridgehead atoms. The number of amides is 1. The maximum atomic E-state index is 13.3. The van der Waals surface area contributed by atoms with E-state index in [0.29, 0.717) is 11.4 Å². The molecule has 13 nitrogen and oxygen atoms in total. The molecule has 0 radical (unpaired) electrons. The van der Waals surface area contributed by atoms with Gasteiger partial charge in [0.05, 0.1) is 25.2 Å². The van der Waals surface area contributed by atoms with Gasteiger partial charge in [0.25, 0.3) is 11.6 Å². The van der Waals surface area contributed by atoms with Gasteiger partial charge < -0.3 is 24.6 Å². The number of hydrogen-bond donors (Lipinski definition) is 2. The van der Waals surface area contributed by atoms with E-state index in [1.165, 1.54) is 32.2 Å². The van der Waals surface area contributed by atoms with Gasteiger partial charge in [-0.2, -0.15) is 0 Å². The first-order valence-corrected chi connectivity index (χ1v) is 13.0. The van der Waals surface area contributed by atoms with Crippen LogP contribution in [0.2, 0.25) is 0 Å². The first-order valence-electron chi connectivity index (χ1n) is 12.1. The molecule has 3 aromatic rings. The molecule has 41 heavy (non-hydrogen) atoms. The van der Waals surface area contributed by atoms with Gasteiger partial charge in [-0.25, -0.2) is 9.59 Å². The molecule has 0 aliphatic heterocycles. The maximum absolute atomic E-state index is 13.3. The lowest BCUT2D eigenvalue weighted by atomic mass is 10.1. The number of aliphatic hydroxyl groups is 1. The predicted molar refractivity (Wildman–Crippen MR) is 150 cm³/mol. The van der Waals surface area contributed by atoms with Crippen molar-refractivity contribution in [1.82, 2.24) is 0 Å². The van der Waals surface area contributed by atoms with E-state index in [2.05, 4.69) is 15.5 Å². The van der Waals surface area contributed by atoms with E-state index in [-0.39, 0.29) is 45.5 Å². The van der Waals surface area contributed by atoms with Crippen LogP contribution >= 0.6 is 11.3 Å². The maximum Gasteiger partial charge on any atom is 0.348 e. The minimum atomic E-state index is -0.894. The average Bonchev–Trinajstić information content (AvgIpc) is 3.29. The van der Waals surface area contributed by atoms with Crippen LogP contribution in [0.1, 0.15) is 45.0 Å². The second-order valence-corrected chi connectivity index (χ2v) is 9.06. The monoisotopic (exact) mass is 582 g/mol. The highest BCUT2D eigenvalue weighted by Crippen LogP contribution is 2.37. The van der Waals surface area contributed by atoms with Crippen LogP contribution in [0.15, 0.2) is 64.5 Å². The molecule has 1 amide bonds. The Morgan fingerprint density at radius 2 is 1.71 bits per heavy atom. The summed E-state index contributed by atoms with van der Waals surface area (Å²) in [6.45, 7) is 4.91. The van der Waals surface area contributed by atoms with Crippen LogP contribution in [0.3, 0.4) is 0 Å². The molecule has 0 saturated heterocycles. The molecule has 14 heteroatoms. The van der Waals surface area contributed by atoms with Gasteiger partial charge in [-0.3, -0.25) is 14.9 Å². The third kappa shape index (κ3) is 7.30. The Bertz CT molecular complexity index is 1530. The van der Waals surface area contributed by atoms with Crippen LogP contribution in [-0.2, 0) is 14.3 Å². The molecule has 3 rings (SSSR count). The van der Waals surface area contributed by atoms with Gasteiger partial charge in [-0.1, -0.05) is 6.07 Å². The molecule has 0 fully saturated rings. The van der Waals surface area contributed by atoms with Gasteiger partial charge in [-0.15, -0.1) is 21.6 Å². The minimum Gasteiger partial charge on any atom is -0.505 e. The van der Waals surface area contributed by atoms with E-state index < -0.39 is 34.2 Å². The molecule has 214 valence electrons. The Kier molecular flexibility index (Phi) is 10.2. The zero-order valence-corrected chi connectivity index (χ0v) is 23.3. The van der Waals surface area contributed by atoms with Gasteiger partial charge in [0.2, 0.25) is 0 Å². The highest BCUT2D eigenvalue weighted by molar-refractivity contribution is 7.18. The molecule has 0 unspecified atom stereocenters. The molecule has 1 heterocycles. The predicted octanol–water partition coefficient (Wildman–Crippen LogP) is 5.98. The molecule has 2 N–H and O–H groups in total. The van der Waals surface area contributed by atoms with Crippen LogP contribution in [0, 0.1) is 17.0 Å². The van der Waals surface area contributed by atoms with Crippen LogP contribution in [-0.4, -0.2) is 48.2 Å². The second-order valence-electron chi connectivity index (χ2n) is 8.06. The highest BCUT2D eigenvalue weighted by Gasteiger charge is 2.27. The lowest BCUT2D eigenvalue weighted by Crippen LogP contribution is -2.15. The third-order valence-electron chi connectivity index (χ3n) is 5.43. The number of carbonyl (C=O) groups excluding carboxylic acids is 3. The number of hydrogen-bond acceptors (Lipinski definition) is 12. The van der Waals surface area contributed by atoms with E-state index in [0.717, 1.165) is 23.5 Å². The summed E-state index contributed by atoms with van der Waals surface area (Å²) < 4.78 is 15.3. The molecular formula is C27H26N4O9S. The van der Waals surface area contributed by atoms with E-state index in [1.54, 1.807) is 32.0 Å². The number of nitro groups is 1. The van der Waals surface area contributed by atoms with Crippen molar-refractivity contribution in [3.63, 3.8) is 0 Å². The topological polar surface area (TPSA) is 179 Å². The van der Waals surface area contributed by atoms with Gasteiger partial charge >= 0.3 is 11.9 Å². The Hall–Kier alpha value is -5.11. The third-order valence-corrected chi connectivity index (χ3v) is 6.58. The number of nitro benzene ring substituents is 1. The summed E-state index contributed by atoms with van der Waals surface area (Å²) in [5.74, 6) is -2.54. The number of nitrogens with zero attached hydrogens (tertiary/aromatic N) is 3. The van der Waals surface area contributed by atoms with Crippen molar-refractivity contribution in [2.75, 3.05) is 25.6 Å². The number of azo groups is 1. The molecule has 0 aliphatic carbocycles. The Labute approximate surface area is 238 Å². The van der Waals surface area contributed by atoms with E-state index in [9.17, 15) is 29.6 Å². The summed E-state index contributed by atoms with van der Waals surface area (Å²) in [6.07, 6.45) is 0. The average molecular weight is 583 g/mol. The number of non-ortho nitro benzene ring substituents is 1. The van der Waals surface area contributed by atoms with Crippen molar-refractivity contribution < 1.29 is 38.6 Å². The fourth-order valence-electron chi connectivity index (χ4n) is 3.47. The zero-order valence-electron chi connectivity index (χ0n) is 22.5. The molecular weight excluding hydrogens is 556 g/mol. The summed E-state index contributed by atoms with van der Waals surface area (Å²) in [5, 5.41) is 32.6. The Morgan fingerprint density at radius 3 is 2.32 bits per heavy atom. The van der Waals surface area contributed by atoms with Crippen molar-refractivity contribution in [1.29, 1.82) is 0 Å². The van der Waals surface area contributed by atoms with Crippen LogP contribution < -0.4 is 10.1 Å². The van der Waals surface area contributed by atoms with E-state index in [1.807, 2.05) is 0 Å². The summed E-state index contributed by atoms with van der Waals surface area (Å²) in [7, 11) is 1.45. The standard InChI is InChI=1S/C27H26N4O9S/c1-5-39-26(34)20-15(3)23(27(35)40-6-2)41-25(20)30-29-21(22(32)16-10-12-18(13-11-16)31(36)37)24(33)28-17-8-7-9-19(14-17)38-4/h7-14,32H,5-6H2,1-4H3,(H,28,33)/b22-21+,30-29?. The number of aliphatic hydroxyl groups excluding tert-OH is 1. The molecule has 2 aromatic carbocycles. The van der Waals surface area contributed by atoms with Crippen molar-refractivity contribution in [3.05, 3.63) is 85.9 Å². The van der Waals surface area contributed by atoms with E-state index in [4.69, 9.17) is 14.2 Å². The van der Waals surface area contributed by atoms with Crippen LogP contribution in [0.4, 0.5) is 16.4 Å². The first kappa shape index (κ1) is 30.4. The van der Waals surface area contributed by atoms with Gasteiger partial charge in [0.15, 0.2) is 16.5 Å². The lowest BCUT2D eigenvalue weighted by molar-refractivity contribution is -0.384. The molecule has 0 saturated carbocycles. The van der Waals surface area contributed by atoms with Gasteiger partial charge in [-0.05, 0) is 50.6 Å². The fraction of sp³-hybridized carbons (Fsp3) is 0.222. The van der Waals surface area contributed by atoms with Gasteiger partial charge in [0, 0.05) is 29.4 Å². The van der Waals surface area contributed by atoms with Crippen molar-refractivity contribution in [2.45, 2.75) is 20.8 Å². The minimum absolute atomic E-state index is 0.0329. The number of anilines is 1. The number of nitrogens with one attached hydrogen (secondary N) is 1. The quantitative estimate of drug-likeness (QED) is 0.0687. The number of ether oxygens (including phenoxy) is 3. The largest absolute Gasteiger partial charge is 0.505 e. The summed E-state index contributed by atoms with van der Waals surface area (Å²) in [5.41, 5.74) is -0.267. The number of thiophene rings is 1. The number of esters is 2. The normalized spacial score (nSPS) is 11.5.